The van der Waals surface area contributed by atoms with Crippen molar-refractivity contribution in [2.24, 2.45) is 23.7 Å². The number of hydrogen-bond acceptors (Lipinski definition) is 3. The molecule has 0 spiro atoms. The van der Waals surface area contributed by atoms with E-state index in [-0.39, 0.29) is 5.92 Å². The number of hydrogen-bond donors (Lipinski definition) is 2. The minimum Gasteiger partial charge on any atom is -0.385 e. The lowest BCUT2D eigenvalue weighted by molar-refractivity contribution is -0.110. The van der Waals surface area contributed by atoms with Gasteiger partial charge >= 0.3 is 0 Å². The molecule has 0 aromatic heterocycles. The Labute approximate surface area is 140 Å². The number of rotatable bonds is 2. The highest BCUT2D eigenvalue weighted by molar-refractivity contribution is 5.46. The van der Waals surface area contributed by atoms with Crippen LogP contribution in [-0.2, 0) is 4.79 Å². The van der Waals surface area contributed by atoms with Crippen LogP contribution in [0.2, 0.25) is 0 Å². The molecule has 2 saturated carbocycles. The Kier molecular flexibility index (Phi) is 6.50. The van der Waals surface area contributed by atoms with E-state index in [1.165, 1.54) is 18.5 Å². The maximum Gasteiger partial charge on any atom is 0.207 e. The van der Waals surface area contributed by atoms with Gasteiger partial charge in [-0.25, -0.2) is 0 Å². The fourth-order valence-corrected chi connectivity index (χ4v) is 4.13. The van der Waals surface area contributed by atoms with Gasteiger partial charge in [0.05, 0.1) is 6.07 Å². The van der Waals surface area contributed by atoms with E-state index in [0.717, 1.165) is 43.9 Å². The molecule has 128 valence electrons. The van der Waals surface area contributed by atoms with Crippen molar-refractivity contribution in [2.45, 2.75) is 71.4 Å². The van der Waals surface area contributed by atoms with Crippen molar-refractivity contribution in [3.63, 3.8) is 0 Å². The van der Waals surface area contributed by atoms with Crippen LogP contribution in [0.5, 0.6) is 0 Å². The first-order valence-electron chi connectivity index (χ1n) is 9.07. The molecular formula is C19H31N3O. The van der Waals surface area contributed by atoms with Crippen LogP contribution in [0.1, 0.15) is 59.3 Å². The number of allylic oxidation sites excluding steroid dienone is 1. The van der Waals surface area contributed by atoms with Gasteiger partial charge in [0.1, 0.15) is 0 Å². The number of amides is 1. The third-order valence-electron chi connectivity index (χ3n) is 5.87. The summed E-state index contributed by atoms with van der Waals surface area (Å²) >= 11 is 0. The zero-order valence-electron chi connectivity index (χ0n) is 14.7. The average molecular weight is 317 g/mol. The summed E-state index contributed by atoms with van der Waals surface area (Å²) in [7, 11) is 0. The standard InChI is InChI=1S/C10H14N2.C9H17NO/c1-7-4-9-3-2-8(6-11)5-10(9)12-7;1-7-3-4-9(10-6-11)5-8(7)2/h4,8-10,12H,2-3,5H2,1H3;6-9H,3-5H2,1-2H3,(H,10,11). The third-order valence-corrected chi connectivity index (χ3v) is 5.87. The summed E-state index contributed by atoms with van der Waals surface area (Å²) in [6.45, 7) is 6.67. The molecule has 2 fully saturated rings. The van der Waals surface area contributed by atoms with Gasteiger partial charge in [0.2, 0.25) is 6.41 Å². The van der Waals surface area contributed by atoms with Crippen molar-refractivity contribution in [3.05, 3.63) is 11.8 Å². The summed E-state index contributed by atoms with van der Waals surface area (Å²) in [5, 5.41) is 15.1. The van der Waals surface area contributed by atoms with Crippen LogP contribution in [0.25, 0.3) is 0 Å². The van der Waals surface area contributed by atoms with Crippen molar-refractivity contribution in [3.8, 4) is 6.07 Å². The predicted octanol–water partition coefficient (Wildman–Crippen LogP) is 3.36. The summed E-state index contributed by atoms with van der Waals surface area (Å²) < 4.78 is 0. The van der Waals surface area contributed by atoms with Crippen molar-refractivity contribution < 1.29 is 4.79 Å². The number of carbonyl (C=O) groups is 1. The zero-order valence-corrected chi connectivity index (χ0v) is 14.7. The summed E-state index contributed by atoms with van der Waals surface area (Å²) in [5.41, 5.74) is 1.29. The summed E-state index contributed by atoms with van der Waals surface area (Å²) in [6, 6.07) is 3.37. The molecule has 2 aliphatic carbocycles. The van der Waals surface area contributed by atoms with Gasteiger partial charge in [-0.05, 0) is 63.2 Å². The molecule has 6 atom stereocenters. The normalized spacial score (nSPS) is 38.8. The first kappa shape index (κ1) is 17.8. The second-order valence-electron chi connectivity index (χ2n) is 7.65. The Morgan fingerprint density at radius 2 is 2.00 bits per heavy atom. The lowest BCUT2D eigenvalue weighted by Gasteiger charge is -2.31. The summed E-state index contributed by atoms with van der Waals surface area (Å²) in [6.07, 6.45) is 10.0. The van der Waals surface area contributed by atoms with E-state index in [1.807, 2.05) is 0 Å². The van der Waals surface area contributed by atoms with Crippen LogP contribution in [0.4, 0.5) is 0 Å². The first-order valence-corrected chi connectivity index (χ1v) is 9.07. The molecule has 4 heteroatoms. The molecule has 0 radical (unpaired) electrons. The lowest BCUT2D eigenvalue weighted by Crippen LogP contribution is -2.35. The van der Waals surface area contributed by atoms with Gasteiger partial charge < -0.3 is 10.6 Å². The number of nitrogens with zero attached hydrogens (tertiary/aromatic N) is 1. The van der Waals surface area contributed by atoms with Crippen LogP contribution in [-0.4, -0.2) is 18.5 Å². The minimum atomic E-state index is 0.290. The number of nitriles is 1. The fraction of sp³-hybridized carbons (Fsp3) is 0.789. The smallest absolute Gasteiger partial charge is 0.207 e. The highest BCUT2D eigenvalue weighted by Gasteiger charge is 2.32. The van der Waals surface area contributed by atoms with Crippen LogP contribution < -0.4 is 10.6 Å². The molecule has 1 aliphatic heterocycles. The van der Waals surface area contributed by atoms with E-state index < -0.39 is 0 Å². The summed E-state index contributed by atoms with van der Waals surface area (Å²) in [5.74, 6) is 2.59. The Bertz CT molecular complexity index is 468. The maximum absolute atomic E-state index is 10.2. The average Bonchev–Trinajstić information content (AvgIpc) is 2.91. The molecule has 6 unspecified atom stereocenters. The van der Waals surface area contributed by atoms with Gasteiger partial charge in [-0.3, -0.25) is 4.79 Å². The Morgan fingerprint density at radius 1 is 1.22 bits per heavy atom. The molecule has 1 amide bonds. The molecule has 0 bridgehead atoms. The molecule has 1 heterocycles. The van der Waals surface area contributed by atoms with Crippen molar-refractivity contribution >= 4 is 6.41 Å². The SMILES string of the molecule is CC1=CC2CCC(C#N)CC2N1.CC1CCC(NC=O)CC1C. The van der Waals surface area contributed by atoms with E-state index >= 15 is 0 Å². The van der Waals surface area contributed by atoms with Gasteiger partial charge in [-0.2, -0.15) is 5.26 Å². The van der Waals surface area contributed by atoms with Crippen molar-refractivity contribution in [1.29, 1.82) is 5.26 Å². The Morgan fingerprint density at radius 3 is 2.65 bits per heavy atom. The monoisotopic (exact) mass is 317 g/mol. The van der Waals surface area contributed by atoms with E-state index in [2.05, 4.69) is 43.6 Å². The van der Waals surface area contributed by atoms with Crippen LogP contribution in [0, 0.1) is 35.0 Å². The first-order chi connectivity index (χ1) is 11.0. The third kappa shape index (κ3) is 4.99. The Balaban J connectivity index is 0.000000168. The second-order valence-corrected chi connectivity index (χ2v) is 7.65. The molecule has 0 aromatic rings. The van der Waals surface area contributed by atoms with Gasteiger partial charge in [0, 0.05) is 23.7 Å². The van der Waals surface area contributed by atoms with Crippen LogP contribution >= 0.6 is 0 Å². The highest BCUT2D eigenvalue weighted by Crippen LogP contribution is 2.33. The van der Waals surface area contributed by atoms with Crippen molar-refractivity contribution in [1.82, 2.24) is 10.6 Å². The number of nitrogens with one attached hydrogen (secondary N) is 2. The van der Waals surface area contributed by atoms with Crippen LogP contribution in [0.15, 0.2) is 11.8 Å². The van der Waals surface area contributed by atoms with Gasteiger partial charge in [0.15, 0.2) is 0 Å². The fourth-order valence-electron chi connectivity index (χ4n) is 4.13. The summed E-state index contributed by atoms with van der Waals surface area (Å²) in [4.78, 5) is 10.2. The molecule has 2 N–H and O–H groups in total. The molecule has 0 saturated heterocycles. The van der Waals surface area contributed by atoms with E-state index in [0.29, 0.717) is 18.0 Å². The van der Waals surface area contributed by atoms with E-state index in [9.17, 15) is 4.79 Å². The molecule has 3 aliphatic rings. The molecule has 4 nitrogen and oxygen atoms in total. The topological polar surface area (TPSA) is 64.9 Å². The van der Waals surface area contributed by atoms with Crippen LogP contribution in [0.3, 0.4) is 0 Å². The molecule has 0 aromatic carbocycles. The van der Waals surface area contributed by atoms with Gasteiger partial charge in [-0.1, -0.05) is 19.9 Å². The van der Waals surface area contributed by atoms with E-state index in [4.69, 9.17) is 5.26 Å². The predicted molar refractivity (Wildman–Crippen MR) is 92.3 cm³/mol. The van der Waals surface area contributed by atoms with Gasteiger partial charge in [0.25, 0.3) is 0 Å². The molecule has 3 rings (SSSR count). The largest absolute Gasteiger partial charge is 0.385 e. The molecule has 23 heavy (non-hydrogen) atoms. The maximum atomic E-state index is 10.2. The zero-order chi connectivity index (χ0) is 16.8. The second kappa shape index (κ2) is 8.38. The lowest BCUT2D eigenvalue weighted by atomic mass is 9.79. The quantitative estimate of drug-likeness (QED) is 0.768. The minimum absolute atomic E-state index is 0.290. The van der Waals surface area contributed by atoms with Gasteiger partial charge in [-0.15, -0.1) is 0 Å². The number of carbonyl (C=O) groups excluding carboxylic acids is 1. The number of fused-ring (bicyclic) bond motifs is 1. The Hall–Kier alpha value is -1.50. The molecular weight excluding hydrogens is 286 g/mol. The van der Waals surface area contributed by atoms with Crippen molar-refractivity contribution in [2.75, 3.05) is 0 Å². The van der Waals surface area contributed by atoms with E-state index in [1.54, 1.807) is 0 Å². The highest BCUT2D eigenvalue weighted by atomic mass is 16.1.